The Morgan fingerprint density at radius 3 is 2.31 bits per heavy atom. The van der Waals surface area contributed by atoms with Crippen LogP contribution in [0.15, 0.2) is 12.7 Å². The Hall–Kier alpha value is -2.44. The lowest BCUT2D eigenvalue weighted by Crippen LogP contribution is -2.46. The first-order valence-corrected chi connectivity index (χ1v) is 24.1. The van der Waals surface area contributed by atoms with E-state index in [1.165, 1.54) is 39.5 Å². The van der Waals surface area contributed by atoms with Crippen molar-refractivity contribution in [2.45, 2.75) is 109 Å². The molecule has 0 radical (unpaired) electrons. The zero-order valence-corrected chi connectivity index (χ0v) is 36.2. The van der Waals surface area contributed by atoms with Crippen LogP contribution in [0.4, 0.5) is 5.82 Å². The second kappa shape index (κ2) is 23.1. The first-order valence-electron chi connectivity index (χ1n) is 18.6. The van der Waals surface area contributed by atoms with Crippen LogP contribution in [0.2, 0.25) is 0 Å². The molecule has 2 unspecified atom stereocenters. The Morgan fingerprint density at radius 2 is 1.63 bits per heavy atom. The molecule has 24 nitrogen and oxygen atoms in total. The van der Waals surface area contributed by atoms with Crippen molar-refractivity contribution in [2.24, 2.45) is 5.41 Å². The Bertz CT molecular complexity index is 1850. The lowest BCUT2D eigenvalue weighted by molar-refractivity contribution is -0.137. The predicted octanol–water partition coefficient (Wildman–Crippen LogP) is 1.81. The Balaban J connectivity index is 1.42. The van der Waals surface area contributed by atoms with Crippen LogP contribution in [0.1, 0.15) is 84.8 Å². The van der Waals surface area contributed by atoms with Crippen LogP contribution in [0.3, 0.4) is 0 Å². The third kappa shape index (κ3) is 17.1. The fraction of sp³-hybridized carbons (Fsp3) is 0.742. The van der Waals surface area contributed by atoms with E-state index in [4.69, 9.17) is 19.5 Å². The first kappa shape index (κ1) is 50.9. The number of hydrogen-bond donors (Lipinski definition) is 9. The minimum absolute atomic E-state index is 0.0329. The fourth-order valence-corrected chi connectivity index (χ4v) is 9.14. The van der Waals surface area contributed by atoms with Crippen molar-refractivity contribution in [1.82, 2.24) is 30.2 Å². The zero-order chi connectivity index (χ0) is 44.0. The van der Waals surface area contributed by atoms with Crippen LogP contribution in [-0.2, 0) is 50.7 Å². The molecule has 0 spiro atoms. The number of unbranched alkanes of at least 4 members (excludes halogenated alkanes) is 6. The highest BCUT2D eigenvalue weighted by Crippen LogP contribution is 2.61. The number of imidazole rings is 1. The number of phosphoric ester groups is 3. The number of hydrogen-bond acceptors (Lipinski definition) is 18. The number of fused-ring (bicyclic) bond motifs is 1. The van der Waals surface area contributed by atoms with Crippen molar-refractivity contribution in [3.63, 3.8) is 0 Å². The highest BCUT2D eigenvalue weighted by Gasteiger charge is 2.50. The quantitative estimate of drug-likeness (QED) is 0.0455. The van der Waals surface area contributed by atoms with E-state index in [1.807, 2.05) is 0 Å². The van der Waals surface area contributed by atoms with Gasteiger partial charge in [-0.3, -0.25) is 32.5 Å². The zero-order valence-electron chi connectivity index (χ0n) is 32.7. The summed E-state index contributed by atoms with van der Waals surface area (Å²) in [5, 5.41) is 26.5. The maximum Gasteiger partial charge on any atom is 0.481 e. The van der Waals surface area contributed by atoms with Gasteiger partial charge in [0.25, 0.3) is 0 Å². The van der Waals surface area contributed by atoms with Crippen molar-refractivity contribution in [2.75, 3.05) is 37.8 Å². The summed E-state index contributed by atoms with van der Waals surface area (Å²) in [7, 11) is -16.4. The van der Waals surface area contributed by atoms with E-state index in [1.54, 1.807) is 0 Å². The summed E-state index contributed by atoms with van der Waals surface area (Å²) in [6.07, 6.45) is 1.35. The smallest absolute Gasteiger partial charge is 0.386 e. The van der Waals surface area contributed by atoms with E-state index in [2.05, 4.69) is 41.3 Å². The van der Waals surface area contributed by atoms with Crippen LogP contribution in [-0.4, -0.2) is 123 Å². The number of thioether (sulfide) groups is 1. The maximum absolute atomic E-state index is 12.7. The molecule has 1 aliphatic rings. The van der Waals surface area contributed by atoms with E-state index in [-0.39, 0.29) is 41.6 Å². The number of phosphoric acid groups is 3. The Kier molecular flexibility index (Phi) is 20.0. The van der Waals surface area contributed by atoms with Crippen molar-refractivity contribution in [3.8, 4) is 0 Å². The number of aromatic nitrogens is 4. The van der Waals surface area contributed by atoms with Crippen LogP contribution in [0.5, 0.6) is 0 Å². The van der Waals surface area contributed by atoms with E-state index in [0.29, 0.717) is 12.2 Å². The average molecular weight is 922 g/mol. The number of nitrogens with one attached hydrogen (secondary N) is 2. The van der Waals surface area contributed by atoms with Crippen LogP contribution >= 0.6 is 35.2 Å². The number of aliphatic hydroxyl groups is 2. The van der Waals surface area contributed by atoms with Gasteiger partial charge in [-0.25, -0.2) is 28.6 Å². The molecule has 10 N–H and O–H groups in total. The monoisotopic (exact) mass is 921 g/mol. The standard InChI is InChI=1S/C31H54N7O17P3S/c1-4-5-6-7-8-9-10-11-22(40)59-15-14-33-21(39)12-13-34-29(43)26(42)31(2,3)17-52-58(49,50)55-57(47,48)51-16-20-25(54-56(44,45)46)24(41)30(53-20)38-19-37-23-27(32)35-18-36-28(23)38/h18-20,24-26,30,41-42H,4-17H2,1-3H3,(H,33,39)(H,34,43)(H,47,48)(H,49,50)(H2,32,35,36)(H2,44,45,46)/t20-,24+,25-,26+,30-/m1/s1. The fourth-order valence-electron chi connectivity index (χ4n) is 5.59. The van der Waals surface area contributed by atoms with Gasteiger partial charge >= 0.3 is 23.5 Å². The number of anilines is 1. The second-order valence-electron chi connectivity index (χ2n) is 14.2. The number of amides is 2. The Labute approximate surface area is 344 Å². The van der Waals surface area contributed by atoms with Gasteiger partial charge in [0, 0.05) is 37.1 Å². The van der Waals surface area contributed by atoms with E-state index < -0.39 is 84.6 Å². The second-order valence-corrected chi connectivity index (χ2v) is 19.5. The largest absolute Gasteiger partial charge is 0.481 e. The summed E-state index contributed by atoms with van der Waals surface area (Å²) >= 11 is 1.14. The molecule has 0 saturated carbocycles. The van der Waals surface area contributed by atoms with Gasteiger partial charge in [0.2, 0.25) is 11.8 Å². The number of nitrogens with zero attached hydrogens (tertiary/aromatic N) is 4. The maximum atomic E-state index is 12.7. The summed E-state index contributed by atoms with van der Waals surface area (Å²) in [6.45, 7) is 2.73. The highest BCUT2D eigenvalue weighted by molar-refractivity contribution is 8.13. The SMILES string of the molecule is CCCCCCCCCC(=O)SCCNC(=O)CCNC(=O)[C@H](O)C(C)(C)COP(=O)(O)OP(=O)(O)OC[C@H]1O[C@@H](n2cnc3c(N)ncnc32)[C@@H](O)[C@@H]1OP(=O)(O)O. The molecule has 3 heterocycles. The molecule has 1 fully saturated rings. The first-order chi connectivity index (χ1) is 27.6. The molecule has 28 heteroatoms. The molecule has 336 valence electrons. The summed E-state index contributed by atoms with van der Waals surface area (Å²) in [5.41, 5.74) is 4.28. The molecule has 59 heavy (non-hydrogen) atoms. The van der Waals surface area contributed by atoms with Gasteiger partial charge < -0.3 is 50.9 Å². The molecule has 2 amide bonds. The number of ether oxygens (including phenoxy) is 1. The topological polar surface area (TPSA) is 364 Å². The normalized spacial score (nSPS) is 21.2. The number of nitrogens with two attached hydrogens (primary N) is 1. The molecule has 0 bridgehead atoms. The van der Waals surface area contributed by atoms with Crippen LogP contribution < -0.4 is 16.4 Å². The van der Waals surface area contributed by atoms with Gasteiger partial charge in [0.05, 0.1) is 19.5 Å². The number of nitrogen functional groups attached to an aromatic ring is 1. The van der Waals surface area contributed by atoms with E-state index >= 15 is 0 Å². The van der Waals surface area contributed by atoms with Gasteiger partial charge in [-0.15, -0.1) is 0 Å². The minimum atomic E-state index is -5.57. The van der Waals surface area contributed by atoms with Gasteiger partial charge in [-0.05, 0) is 6.42 Å². The lowest BCUT2D eigenvalue weighted by Gasteiger charge is -2.30. The van der Waals surface area contributed by atoms with E-state index in [9.17, 15) is 57.9 Å². The van der Waals surface area contributed by atoms with Crippen LogP contribution in [0, 0.1) is 5.41 Å². The van der Waals surface area contributed by atoms with Gasteiger partial charge in [-0.1, -0.05) is 71.1 Å². The van der Waals surface area contributed by atoms with Crippen molar-refractivity contribution in [1.29, 1.82) is 0 Å². The van der Waals surface area contributed by atoms with Gasteiger partial charge in [0.15, 0.2) is 22.8 Å². The molecular formula is C31H54N7O17P3S. The molecular weight excluding hydrogens is 867 g/mol. The molecule has 1 aliphatic heterocycles. The van der Waals surface area contributed by atoms with Crippen molar-refractivity contribution >= 4 is 69.1 Å². The van der Waals surface area contributed by atoms with E-state index in [0.717, 1.165) is 48.2 Å². The highest BCUT2D eigenvalue weighted by atomic mass is 32.2. The molecule has 2 aromatic rings. The van der Waals surface area contributed by atoms with Crippen molar-refractivity contribution < 1.29 is 80.5 Å². The van der Waals surface area contributed by atoms with Gasteiger partial charge in [-0.2, -0.15) is 4.31 Å². The third-order valence-electron chi connectivity index (χ3n) is 8.75. The molecule has 2 aromatic heterocycles. The predicted molar refractivity (Wildman–Crippen MR) is 210 cm³/mol. The summed E-state index contributed by atoms with van der Waals surface area (Å²) < 4.78 is 62.2. The molecule has 0 aliphatic carbocycles. The molecule has 3 rings (SSSR count). The average Bonchev–Trinajstić information content (AvgIpc) is 3.71. The summed E-state index contributed by atoms with van der Waals surface area (Å²) in [6, 6.07) is 0. The number of carbonyl (C=O) groups is 3. The van der Waals surface area contributed by atoms with Gasteiger partial charge in [0.1, 0.15) is 36.3 Å². The van der Waals surface area contributed by atoms with Crippen LogP contribution in [0.25, 0.3) is 11.2 Å². The summed E-state index contributed by atoms with van der Waals surface area (Å²) in [5.74, 6) is -1.03. The number of rotatable bonds is 27. The minimum Gasteiger partial charge on any atom is -0.386 e. The Morgan fingerprint density at radius 1 is 0.966 bits per heavy atom. The molecule has 0 aromatic carbocycles. The number of carbonyl (C=O) groups excluding carboxylic acids is 3. The lowest BCUT2D eigenvalue weighted by atomic mass is 9.87. The summed E-state index contributed by atoms with van der Waals surface area (Å²) in [4.78, 5) is 87.8. The van der Waals surface area contributed by atoms with Crippen molar-refractivity contribution in [3.05, 3.63) is 12.7 Å². The molecule has 7 atom stereocenters. The molecule has 1 saturated heterocycles. The number of aliphatic hydroxyl groups excluding tert-OH is 2. The third-order valence-corrected chi connectivity index (χ3v) is 12.8.